The van der Waals surface area contributed by atoms with Gasteiger partial charge in [0, 0.05) is 38.3 Å². The van der Waals surface area contributed by atoms with Crippen LogP contribution in [0.2, 0.25) is 0 Å². The number of imidazole rings is 1. The van der Waals surface area contributed by atoms with Crippen LogP contribution in [0, 0.1) is 6.92 Å². The molecule has 3 heterocycles. The van der Waals surface area contributed by atoms with Gasteiger partial charge >= 0.3 is 5.69 Å². The summed E-state index contributed by atoms with van der Waals surface area (Å²) in [5, 5.41) is 5.19. The Balaban J connectivity index is 1.40. The van der Waals surface area contributed by atoms with Crippen molar-refractivity contribution < 1.29 is 0 Å². The molecular weight excluding hydrogens is 496 g/mol. The summed E-state index contributed by atoms with van der Waals surface area (Å²) in [6.07, 6.45) is 2.00. The van der Waals surface area contributed by atoms with Crippen molar-refractivity contribution in [3.8, 4) is 22.4 Å². The van der Waals surface area contributed by atoms with E-state index in [1.54, 1.807) is 0 Å². The molecule has 206 valence electrons. The van der Waals surface area contributed by atoms with Gasteiger partial charge in [-0.2, -0.15) is 5.10 Å². The van der Waals surface area contributed by atoms with Crippen molar-refractivity contribution in [3.63, 3.8) is 0 Å². The number of nitrogens with two attached hydrogens (primary N) is 1. The number of likely N-dealkylation sites (tertiary alicyclic amines) is 1. The predicted molar refractivity (Wildman–Crippen MR) is 163 cm³/mol. The number of anilines is 1. The minimum Gasteiger partial charge on any atom is -0.383 e. The van der Waals surface area contributed by atoms with Crippen LogP contribution in [0.15, 0.2) is 77.6 Å². The minimum atomic E-state index is 0.0296. The average molecular weight is 535 g/mol. The van der Waals surface area contributed by atoms with E-state index >= 15 is 0 Å². The summed E-state index contributed by atoms with van der Waals surface area (Å²) in [6, 6.07) is 25.6. The zero-order valence-electron chi connectivity index (χ0n) is 23.7. The number of aryl methyl sites for hydroxylation is 3. The van der Waals surface area contributed by atoms with E-state index in [-0.39, 0.29) is 11.7 Å². The Bertz CT molecular complexity index is 1700. The molecule has 0 bridgehead atoms. The fraction of sp³-hybridized carbons (Fsp3) is 0.333. The molecule has 0 amide bonds. The third-order valence-corrected chi connectivity index (χ3v) is 8.33. The Morgan fingerprint density at radius 1 is 0.850 bits per heavy atom. The van der Waals surface area contributed by atoms with Gasteiger partial charge in [0.1, 0.15) is 11.5 Å². The van der Waals surface area contributed by atoms with Crippen LogP contribution < -0.4 is 11.4 Å². The number of aromatic nitrogens is 4. The SMILES string of the molecule is CCn1c(=O)n(CC)c2cc(-c3c(-c4cccc(C)c4)nn(C4CCN(Cc5ccccc5)CC4)c3N)ccc21. The predicted octanol–water partition coefficient (Wildman–Crippen LogP) is 6.10. The van der Waals surface area contributed by atoms with Gasteiger partial charge < -0.3 is 5.73 Å². The Hall–Kier alpha value is -4.10. The van der Waals surface area contributed by atoms with Crippen LogP contribution >= 0.6 is 0 Å². The number of rotatable bonds is 7. The molecule has 40 heavy (non-hydrogen) atoms. The Morgan fingerprint density at radius 3 is 2.27 bits per heavy atom. The summed E-state index contributed by atoms with van der Waals surface area (Å²) in [4.78, 5) is 15.5. The third-order valence-electron chi connectivity index (χ3n) is 8.33. The quantitative estimate of drug-likeness (QED) is 0.274. The topological polar surface area (TPSA) is 74.0 Å². The van der Waals surface area contributed by atoms with E-state index in [1.165, 1.54) is 11.1 Å². The molecule has 1 saturated heterocycles. The van der Waals surface area contributed by atoms with Gasteiger partial charge in [-0.1, -0.05) is 60.2 Å². The van der Waals surface area contributed by atoms with Crippen molar-refractivity contribution in [2.45, 2.75) is 59.3 Å². The van der Waals surface area contributed by atoms with Gasteiger partial charge in [0.25, 0.3) is 0 Å². The molecule has 3 aromatic carbocycles. The van der Waals surface area contributed by atoms with Crippen LogP contribution in [-0.2, 0) is 19.6 Å². The van der Waals surface area contributed by atoms with E-state index in [2.05, 4.69) is 89.3 Å². The summed E-state index contributed by atoms with van der Waals surface area (Å²) in [6.45, 7) is 10.4. The molecule has 0 aliphatic carbocycles. The summed E-state index contributed by atoms with van der Waals surface area (Å²) in [5.41, 5.74) is 15.3. The Labute approximate surface area is 235 Å². The van der Waals surface area contributed by atoms with Gasteiger partial charge in [0.2, 0.25) is 0 Å². The van der Waals surface area contributed by atoms with E-state index < -0.39 is 0 Å². The van der Waals surface area contributed by atoms with Crippen molar-refractivity contribution in [2.24, 2.45) is 0 Å². The zero-order valence-corrected chi connectivity index (χ0v) is 23.7. The van der Waals surface area contributed by atoms with Gasteiger partial charge in [-0.05, 0) is 62.9 Å². The zero-order chi connectivity index (χ0) is 27.8. The number of hydrogen-bond donors (Lipinski definition) is 1. The largest absolute Gasteiger partial charge is 0.383 e. The normalized spacial score (nSPS) is 14.8. The molecule has 0 unspecified atom stereocenters. The highest BCUT2D eigenvalue weighted by atomic mass is 16.1. The number of benzene rings is 3. The number of hydrogen-bond acceptors (Lipinski definition) is 4. The third kappa shape index (κ3) is 4.64. The molecule has 1 aliphatic heterocycles. The Morgan fingerprint density at radius 2 is 1.57 bits per heavy atom. The van der Waals surface area contributed by atoms with E-state index in [0.717, 1.165) is 65.9 Å². The van der Waals surface area contributed by atoms with Crippen LogP contribution in [0.5, 0.6) is 0 Å². The molecule has 0 radical (unpaired) electrons. The summed E-state index contributed by atoms with van der Waals surface area (Å²) < 4.78 is 5.75. The maximum absolute atomic E-state index is 13.0. The van der Waals surface area contributed by atoms with E-state index in [0.29, 0.717) is 18.9 Å². The fourth-order valence-corrected chi connectivity index (χ4v) is 6.25. The van der Waals surface area contributed by atoms with Crippen molar-refractivity contribution >= 4 is 16.9 Å². The molecule has 1 fully saturated rings. The van der Waals surface area contributed by atoms with E-state index in [9.17, 15) is 4.79 Å². The number of nitrogen functional groups attached to an aromatic ring is 1. The maximum Gasteiger partial charge on any atom is 0.329 e. The highest BCUT2D eigenvalue weighted by Gasteiger charge is 2.27. The first kappa shape index (κ1) is 26.1. The smallest absolute Gasteiger partial charge is 0.329 e. The lowest BCUT2D eigenvalue weighted by Crippen LogP contribution is -2.34. The monoisotopic (exact) mass is 534 g/mol. The van der Waals surface area contributed by atoms with Gasteiger partial charge in [-0.3, -0.25) is 14.0 Å². The van der Waals surface area contributed by atoms with Crippen LogP contribution in [-0.4, -0.2) is 36.9 Å². The highest BCUT2D eigenvalue weighted by molar-refractivity contribution is 5.92. The van der Waals surface area contributed by atoms with Crippen molar-refractivity contribution in [1.29, 1.82) is 0 Å². The molecule has 6 rings (SSSR count). The van der Waals surface area contributed by atoms with E-state index in [4.69, 9.17) is 10.8 Å². The lowest BCUT2D eigenvalue weighted by atomic mass is 9.99. The maximum atomic E-state index is 13.0. The molecule has 7 nitrogen and oxygen atoms in total. The highest BCUT2D eigenvalue weighted by Crippen LogP contribution is 2.40. The van der Waals surface area contributed by atoms with Gasteiger partial charge in [-0.15, -0.1) is 0 Å². The number of piperidine rings is 1. The molecular formula is C33H38N6O. The average Bonchev–Trinajstić information content (AvgIpc) is 3.46. The molecule has 7 heteroatoms. The number of nitrogens with zero attached hydrogens (tertiary/aromatic N) is 5. The first-order chi connectivity index (χ1) is 19.5. The van der Waals surface area contributed by atoms with E-state index in [1.807, 2.05) is 23.0 Å². The molecule has 0 spiro atoms. The lowest BCUT2D eigenvalue weighted by molar-refractivity contribution is 0.174. The lowest BCUT2D eigenvalue weighted by Gasteiger charge is -2.32. The molecule has 2 aromatic heterocycles. The molecule has 1 aliphatic rings. The molecule has 0 atom stereocenters. The molecule has 5 aromatic rings. The van der Waals surface area contributed by atoms with Gasteiger partial charge in [0.05, 0.1) is 22.6 Å². The summed E-state index contributed by atoms with van der Waals surface area (Å²) >= 11 is 0. The Kier molecular flexibility index (Phi) is 7.07. The van der Waals surface area contributed by atoms with Gasteiger partial charge in [0.15, 0.2) is 0 Å². The minimum absolute atomic E-state index is 0.0296. The first-order valence-electron chi connectivity index (χ1n) is 14.4. The first-order valence-corrected chi connectivity index (χ1v) is 14.4. The van der Waals surface area contributed by atoms with Crippen LogP contribution in [0.1, 0.15) is 43.9 Å². The van der Waals surface area contributed by atoms with Crippen molar-refractivity contribution in [1.82, 2.24) is 23.8 Å². The second-order valence-electron chi connectivity index (χ2n) is 10.9. The molecule has 0 saturated carbocycles. The standard InChI is InChI=1S/C33H38N6O/c1-4-37-28-15-14-25(21-29(28)38(5-2)33(37)40)30-31(26-13-9-10-23(3)20-26)35-39(32(30)34)27-16-18-36(19-17-27)22-24-11-7-6-8-12-24/h6-15,20-21,27H,4-5,16-19,22,34H2,1-3H3. The van der Waals surface area contributed by atoms with Crippen molar-refractivity contribution in [3.05, 3.63) is 94.4 Å². The van der Waals surface area contributed by atoms with Crippen LogP contribution in [0.25, 0.3) is 33.4 Å². The van der Waals surface area contributed by atoms with Crippen LogP contribution in [0.3, 0.4) is 0 Å². The summed E-state index contributed by atoms with van der Waals surface area (Å²) in [5.74, 6) is 0.692. The van der Waals surface area contributed by atoms with Gasteiger partial charge in [-0.25, -0.2) is 9.48 Å². The van der Waals surface area contributed by atoms with Crippen molar-refractivity contribution in [2.75, 3.05) is 18.8 Å². The number of fused-ring (bicyclic) bond motifs is 1. The fourth-order valence-electron chi connectivity index (χ4n) is 6.25. The summed E-state index contributed by atoms with van der Waals surface area (Å²) in [7, 11) is 0. The second-order valence-corrected chi connectivity index (χ2v) is 10.9. The second kappa shape index (κ2) is 10.8. The molecule has 2 N–H and O–H groups in total. The van der Waals surface area contributed by atoms with Crippen LogP contribution in [0.4, 0.5) is 5.82 Å².